The van der Waals surface area contributed by atoms with E-state index in [1.54, 1.807) is 25.7 Å². The van der Waals surface area contributed by atoms with E-state index in [-0.39, 0.29) is 70.6 Å². The number of carbonyl (C=O) groups is 1. The predicted octanol–water partition coefficient (Wildman–Crippen LogP) is 6.88. The Balaban J connectivity index is 1.82. The Morgan fingerprint density at radius 2 is 1.72 bits per heavy atom. The molecule has 1 aliphatic heterocycles. The number of piperazine rings is 1. The minimum absolute atomic E-state index is 0.0336. The van der Waals surface area contributed by atoms with Crippen LogP contribution < -0.4 is 15.3 Å². The highest BCUT2D eigenvalue weighted by Crippen LogP contribution is 2.39. The summed E-state index contributed by atoms with van der Waals surface area (Å²) in [6.07, 6.45) is -0.446. The van der Waals surface area contributed by atoms with Gasteiger partial charge in [-0.05, 0) is 57.7 Å². The number of fused-ring (bicyclic) bond motifs is 1. The number of rotatable bonds is 5. The normalized spacial score (nSPS) is 15.6. The first-order chi connectivity index (χ1) is 22.0. The van der Waals surface area contributed by atoms with Crippen LogP contribution in [0.15, 0.2) is 47.3 Å². The number of para-hydroxylation sites is 1. The van der Waals surface area contributed by atoms with Gasteiger partial charge in [-0.3, -0.25) is 0 Å². The summed E-state index contributed by atoms with van der Waals surface area (Å²) >= 11 is 6.76. The standard InChI is InChI=1S/C35H41ClFN5O5/c1-19(2)22-11-9-12-23(20(3)4)29(22)41-32-24(17-25(36)30(42(32)46)28-26(37)13-10-14-27(28)43)31(38-33(41)44)40-16-15-39(18-21(40)5)34(45)47-35(6,7)8/h9-14,17,19-21,43H,15-16,18H2,1-8H3/t21-/m0/s1. The van der Waals surface area contributed by atoms with Crippen LogP contribution in [0.25, 0.3) is 28.0 Å². The summed E-state index contributed by atoms with van der Waals surface area (Å²) in [6.45, 7) is 16.1. The monoisotopic (exact) mass is 665 g/mol. The van der Waals surface area contributed by atoms with E-state index in [0.29, 0.717) is 10.4 Å². The summed E-state index contributed by atoms with van der Waals surface area (Å²) in [4.78, 5) is 35.2. The molecule has 0 aliphatic carbocycles. The summed E-state index contributed by atoms with van der Waals surface area (Å²) in [7, 11) is 0. The maximum atomic E-state index is 15.3. The Hall–Kier alpha value is -4.38. The third-order valence-electron chi connectivity index (χ3n) is 8.32. The van der Waals surface area contributed by atoms with Crippen molar-refractivity contribution in [3.05, 3.63) is 80.1 Å². The minimum Gasteiger partial charge on any atom is -0.710 e. The molecule has 12 heteroatoms. The van der Waals surface area contributed by atoms with Gasteiger partial charge in [0.05, 0.1) is 5.02 Å². The van der Waals surface area contributed by atoms with Crippen LogP contribution in [-0.2, 0) is 4.74 Å². The fraction of sp³-hybridized carbons (Fsp3) is 0.429. The molecule has 0 radical (unpaired) electrons. The number of hydrogen-bond donors (Lipinski definition) is 1. The number of carbonyl (C=O) groups excluding carboxylic acids is 1. The number of hydrogen-bond acceptors (Lipinski definition) is 7. The Bertz CT molecular complexity index is 1870. The van der Waals surface area contributed by atoms with Crippen LogP contribution in [0, 0.1) is 11.0 Å². The molecule has 47 heavy (non-hydrogen) atoms. The van der Waals surface area contributed by atoms with Crippen molar-refractivity contribution in [1.82, 2.24) is 14.5 Å². The van der Waals surface area contributed by atoms with Gasteiger partial charge < -0.3 is 24.9 Å². The van der Waals surface area contributed by atoms with Crippen LogP contribution in [0.3, 0.4) is 0 Å². The highest BCUT2D eigenvalue weighted by atomic mass is 35.5. The molecule has 0 spiro atoms. The first-order valence-electron chi connectivity index (χ1n) is 15.8. The molecular formula is C35H41ClFN5O5. The topological polar surface area (TPSA) is 115 Å². The summed E-state index contributed by atoms with van der Waals surface area (Å²) in [5.41, 5.74) is -0.0477. The third kappa shape index (κ3) is 6.33. The number of nitrogens with zero attached hydrogens (tertiary/aromatic N) is 5. The Morgan fingerprint density at radius 3 is 2.28 bits per heavy atom. The Morgan fingerprint density at radius 1 is 1.11 bits per heavy atom. The number of pyridine rings is 1. The van der Waals surface area contributed by atoms with E-state index in [1.165, 1.54) is 22.8 Å². The number of ether oxygens (including phenoxy) is 1. The van der Waals surface area contributed by atoms with Crippen LogP contribution in [-0.4, -0.2) is 56.9 Å². The molecule has 1 fully saturated rings. The number of amides is 1. The first kappa shape index (κ1) is 34.0. The van der Waals surface area contributed by atoms with Crippen molar-refractivity contribution in [1.29, 1.82) is 0 Å². The van der Waals surface area contributed by atoms with Gasteiger partial charge in [-0.1, -0.05) is 63.6 Å². The van der Waals surface area contributed by atoms with Gasteiger partial charge in [0.25, 0.3) is 0 Å². The zero-order valence-corrected chi connectivity index (χ0v) is 28.7. The van der Waals surface area contributed by atoms with E-state index in [2.05, 4.69) is 4.98 Å². The molecule has 4 aromatic rings. The summed E-state index contributed by atoms with van der Waals surface area (Å²) in [5, 5.41) is 25.4. The van der Waals surface area contributed by atoms with Crippen molar-refractivity contribution < 1.29 is 23.8 Å². The fourth-order valence-electron chi connectivity index (χ4n) is 6.16. The van der Waals surface area contributed by atoms with Crippen molar-refractivity contribution in [3.63, 3.8) is 0 Å². The lowest BCUT2D eigenvalue weighted by atomic mass is 9.92. The summed E-state index contributed by atoms with van der Waals surface area (Å²) in [6, 6.07) is 10.6. The molecule has 2 aromatic carbocycles. The molecule has 0 saturated carbocycles. The van der Waals surface area contributed by atoms with E-state index in [1.807, 2.05) is 57.7 Å². The van der Waals surface area contributed by atoms with E-state index in [4.69, 9.17) is 16.3 Å². The first-order valence-corrected chi connectivity index (χ1v) is 16.1. The number of anilines is 1. The van der Waals surface area contributed by atoms with Gasteiger partial charge in [-0.2, -0.15) is 4.98 Å². The van der Waals surface area contributed by atoms with Gasteiger partial charge >= 0.3 is 17.4 Å². The second-order valence-corrected chi connectivity index (χ2v) is 14.0. The van der Waals surface area contributed by atoms with Gasteiger partial charge in [0.1, 0.15) is 33.8 Å². The van der Waals surface area contributed by atoms with Crippen LogP contribution in [0.4, 0.5) is 15.0 Å². The van der Waals surface area contributed by atoms with Gasteiger partial charge in [0, 0.05) is 36.8 Å². The molecule has 1 saturated heterocycles. The highest BCUT2D eigenvalue weighted by Gasteiger charge is 2.36. The SMILES string of the molecule is CC(C)c1cccc(C(C)C)c1-n1c(=O)nc(N2CCN(C(=O)OC(C)(C)C)C[C@@H]2C)c2cc(Cl)c(-c3c(O)cccc3F)[n+]([O-])c21. The number of benzene rings is 2. The average molecular weight is 666 g/mol. The highest BCUT2D eigenvalue weighted by molar-refractivity contribution is 6.33. The number of aromatic hydroxyl groups is 1. The maximum absolute atomic E-state index is 15.3. The second kappa shape index (κ2) is 12.7. The van der Waals surface area contributed by atoms with Crippen molar-refractivity contribution in [3.8, 4) is 22.7 Å². The zero-order valence-electron chi connectivity index (χ0n) is 28.0. The molecule has 10 nitrogen and oxygen atoms in total. The number of phenols is 1. The summed E-state index contributed by atoms with van der Waals surface area (Å²) in [5.74, 6) is -1.18. The quantitative estimate of drug-likeness (QED) is 0.183. The molecule has 250 valence electrons. The fourth-order valence-corrected chi connectivity index (χ4v) is 6.44. The number of halogens is 2. The van der Waals surface area contributed by atoms with E-state index >= 15 is 4.39 Å². The minimum atomic E-state index is -0.851. The second-order valence-electron chi connectivity index (χ2n) is 13.6. The van der Waals surface area contributed by atoms with Gasteiger partial charge in [0.2, 0.25) is 0 Å². The lowest BCUT2D eigenvalue weighted by Gasteiger charge is -2.40. The average Bonchev–Trinajstić information content (AvgIpc) is 2.97. The molecule has 5 rings (SSSR count). The molecule has 1 atom stereocenters. The lowest BCUT2D eigenvalue weighted by Crippen LogP contribution is -2.55. The largest absolute Gasteiger partial charge is 0.710 e. The van der Waals surface area contributed by atoms with Crippen LogP contribution in [0.2, 0.25) is 5.02 Å². The number of aromatic nitrogens is 3. The van der Waals surface area contributed by atoms with E-state index in [0.717, 1.165) is 17.2 Å². The maximum Gasteiger partial charge on any atom is 0.442 e. The molecule has 1 amide bonds. The van der Waals surface area contributed by atoms with Gasteiger partial charge in [0.15, 0.2) is 11.5 Å². The molecule has 0 unspecified atom stereocenters. The van der Waals surface area contributed by atoms with Crippen molar-refractivity contribution >= 4 is 34.5 Å². The van der Waals surface area contributed by atoms with E-state index in [9.17, 15) is 19.9 Å². The van der Waals surface area contributed by atoms with Gasteiger partial charge in [-0.25, -0.2) is 18.7 Å². The van der Waals surface area contributed by atoms with Crippen LogP contribution in [0.1, 0.15) is 78.4 Å². The Labute approximate surface area is 278 Å². The Kier molecular flexibility index (Phi) is 9.16. The lowest BCUT2D eigenvalue weighted by molar-refractivity contribution is -0.568. The predicted molar refractivity (Wildman–Crippen MR) is 181 cm³/mol. The van der Waals surface area contributed by atoms with Crippen molar-refractivity contribution in [2.45, 2.75) is 78.9 Å². The van der Waals surface area contributed by atoms with E-state index < -0.39 is 29.0 Å². The molecular weight excluding hydrogens is 625 g/mol. The molecule has 1 N–H and O–H groups in total. The zero-order chi connectivity index (χ0) is 34.5. The molecule has 2 aromatic heterocycles. The third-order valence-corrected chi connectivity index (χ3v) is 8.61. The smallest absolute Gasteiger partial charge is 0.442 e. The van der Waals surface area contributed by atoms with Crippen molar-refractivity contribution in [2.75, 3.05) is 24.5 Å². The van der Waals surface area contributed by atoms with Crippen LogP contribution >= 0.6 is 11.6 Å². The number of phenolic OH excluding ortho intramolecular Hbond substituents is 1. The summed E-state index contributed by atoms with van der Waals surface area (Å²) < 4.78 is 22.5. The molecule has 3 heterocycles. The van der Waals surface area contributed by atoms with Crippen molar-refractivity contribution in [2.24, 2.45) is 0 Å². The molecule has 1 aliphatic rings. The molecule has 0 bridgehead atoms. The van der Waals surface area contributed by atoms with Gasteiger partial charge in [-0.15, -0.1) is 4.57 Å². The van der Waals surface area contributed by atoms with Crippen LogP contribution in [0.5, 0.6) is 5.75 Å².